The molecular formula is C14H20N2O. The van der Waals surface area contributed by atoms with Crippen LogP contribution < -0.4 is 11.1 Å². The Labute approximate surface area is 102 Å². The maximum absolute atomic E-state index is 12.1. The van der Waals surface area contributed by atoms with Crippen molar-refractivity contribution in [3.05, 3.63) is 35.4 Å². The van der Waals surface area contributed by atoms with Crippen molar-refractivity contribution >= 4 is 5.91 Å². The second-order valence-electron chi connectivity index (χ2n) is 4.65. The molecule has 1 aliphatic carbocycles. The Bertz CT molecular complexity index is 403. The average Bonchev–Trinajstić information content (AvgIpc) is 2.30. The number of rotatable bonds is 5. The van der Waals surface area contributed by atoms with E-state index in [1.54, 1.807) is 0 Å². The minimum Gasteiger partial charge on any atom is -0.353 e. The van der Waals surface area contributed by atoms with Gasteiger partial charge in [-0.2, -0.15) is 0 Å². The summed E-state index contributed by atoms with van der Waals surface area (Å²) < 4.78 is 0. The van der Waals surface area contributed by atoms with Crippen molar-refractivity contribution in [3.63, 3.8) is 0 Å². The van der Waals surface area contributed by atoms with Crippen LogP contribution in [-0.4, -0.2) is 18.5 Å². The zero-order valence-corrected chi connectivity index (χ0v) is 10.3. The highest BCUT2D eigenvalue weighted by Gasteiger charge is 2.32. The first kappa shape index (κ1) is 12.1. The van der Waals surface area contributed by atoms with E-state index < -0.39 is 0 Å². The van der Waals surface area contributed by atoms with E-state index in [1.807, 2.05) is 18.2 Å². The molecule has 0 saturated heterocycles. The van der Waals surface area contributed by atoms with E-state index in [2.05, 4.69) is 18.3 Å². The number of carbonyl (C=O) groups is 1. The molecule has 1 aromatic rings. The van der Waals surface area contributed by atoms with E-state index in [9.17, 15) is 4.79 Å². The molecule has 1 aromatic carbocycles. The number of amides is 1. The molecule has 0 aliphatic heterocycles. The molecule has 0 radical (unpaired) electrons. The first-order valence-corrected chi connectivity index (χ1v) is 6.34. The number of nitrogens with one attached hydrogen (secondary N) is 1. The van der Waals surface area contributed by atoms with Gasteiger partial charge >= 0.3 is 0 Å². The minimum atomic E-state index is 0.0537. The lowest BCUT2D eigenvalue weighted by Crippen LogP contribution is -2.41. The summed E-state index contributed by atoms with van der Waals surface area (Å²) in [6, 6.07) is 8.38. The standard InChI is InChI=1S/C14H20N2O/c1-2-11(7-8-15)16-14(17)13-9-10-5-3-4-6-12(10)13/h3-6,11,13H,2,7-9,15H2,1H3,(H,16,17). The molecule has 0 aromatic heterocycles. The third kappa shape index (κ3) is 2.50. The number of fused-ring (bicyclic) bond motifs is 1. The Kier molecular flexibility index (Phi) is 3.79. The van der Waals surface area contributed by atoms with Gasteiger partial charge in [0.25, 0.3) is 0 Å². The first-order valence-electron chi connectivity index (χ1n) is 6.34. The quantitative estimate of drug-likeness (QED) is 0.809. The summed E-state index contributed by atoms with van der Waals surface area (Å²) in [5.41, 5.74) is 8.02. The van der Waals surface area contributed by atoms with Gasteiger partial charge in [0.1, 0.15) is 0 Å². The van der Waals surface area contributed by atoms with E-state index in [1.165, 1.54) is 11.1 Å². The zero-order valence-electron chi connectivity index (χ0n) is 10.3. The van der Waals surface area contributed by atoms with Crippen LogP contribution >= 0.6 is 0 Å². The molecular weight excluding hydrogens is 212 g/mol. The Morgan fingerprint density at radius 3 is 2.94 bits per heavy atom. The van der Waals surface area contributed by atoms with Gasteiger partial charge in [0.15, 0.2) is 0 Å². The van der Waals surface area contributed by atoms with Crippen LogP contribution in [0.2, 0.25) is 0 Å². The van der Waals surface area contributed by atoms with E-state index in [-0.39, 0.29) is 17.9 Å². The lowest BCUT2D eigenvalue weighted by Gasteiger charge is -2.30. The Balaban J connectivity index is 1.95. The molecule has 92 valence electrons. The molecule has 1 amide bonds. The largest absolute Gasteiger partial charge is 0.353 e. The molecule has 0 fully saturated rings. The van der Waals surface area contributed by atoms with E-state index in [4.69, 9.17) is 5.73 Å². The highest BCUT2D eigenvalue weighted by Crippen LogP contribution is 2.34. The van der Waals surface area contributed by atoms with Gasteiger partial charge in [0, 0.05) is 6.04 Å². The van der Waals surface area contributed by atoms with Crippen LogP contribution in [0.25, 0.3) is 0 Å². The fraction of sp³-hybridized carbons (Fsp3) is 0.500. The molecule has 0 spiro atoms. The Hall–Kier alpha value is -1.35. The molecule has 17 heavy (non-hydrogen) atoms. The molecule has 0 bridgehead atoms. The van der Waals surface area contributed by atoms with Crippen molar-refractivity contribution in [1.29, 1.82) is 0 Å². The summed E-state index contributed by atoms with van der Waals surface area (Å²) in [5.74, 6) is 0.210. The van der Waals surface area contributed by atoms with Gasteiger partial charge in [-0.05, 0) is 36.9 Å². The highest BCUT2D eigenvalue weighted by atomic mass is 16.2. The van der Waals surface area contributed by atoms with Crippen molar-refractivity contribution < 1.29 is 4.79 Å². The molecule has 3 heteroatoms. The van der Waals surface area contributed by atoms with Crippen LogP contribution in [0, 0.1) is 0 Å². The van der Waals surface area contributed by atoms with Crippen LogP contribution in [0.1, 0.15) is 36.8 Å². The van der Waals surface area contributed by atoms with Crippen molar-refractivity contribution in [2.24, 2.45) is 5.73 Å². The SMILES string of the molecule is CCC(CCN)NC(=O)C1Cc2ccccc21. The summed E-state index contributed by atoms with van der Waals surface area (Å²) in [6.45, 7) is 2.70. The zero-order chi connectivity index (χ0) is 12.3. The third-order valence-corrected chi connectivity index (χ3v) is 3.53. The van der Waals surface area contributed by atoms with Gasteiger partial charge in [-0.3, -0.25) is 4.79 Å². The Morgan fingerprint density at radius 2 is 2.29 bits per heavy atom. The van der Waals surface area contributed by atoms with Crippen LogP contribution in [-0.2, 0) is 11.2 Å². The molecule has 0 saturated carbocycles. The van der Waals surface area contributed by atoms with Crippen LogP contribution in [0.15, 0.2) is 24.3 Å². The normalized spacial score (nSPS) is 19.1. The average molecular weight is 232 g/mol. The van der Waals surface area contributed by atoms with Gasteiger partial charge in [-0.25, -0.2) is 0 Å². The van der Waals surface area contributed by atoms with Crippen LogP contribution in [0.5, 0.6) is 0 Å². The maximum Gasteiger partial charge on any atom is 0.228 e. The van der Waals surface area contributed by atoms with Crippen molar-refractivity contribution in [3.8, 4) is 0 Å². The molecule has 2 atom stereocenters. The van der Waals surface area contributed by atoms with Crippen LogP contribution in [0.4, 0.5) is 0 Å². The number of nitrogens with two attached hydrogens (primary N) is 1. The van der Waals surface area contributed by atoms with Gasteiger partial charge in [0.05, 0.1) is 5.92 Å². The van der Waals surface area contributed by atoms with Crippen molar-refractivity contribution in [2.45, 2.75) is 38.1 Å². The summed E-state index contributed by atoms with van der Waals surface area (Å²) in [7, 11) is 0. The number of carbonyl (C=O) groups excluding carboxylic acids is 1. The smallest absolute Gasteiger partial charge is 0.228 e. The summed E-state index contributed by atoms with van der Waals surface area (Å²) in [6.07, 6.45) is 2.68. The molecule has 1 aliphatic rings. The highest BCUT2D eigenvalue weighted by molar-refractivity contribution is 5.87. The maximum atomic E-state index is 12.1. The molecule has 3 N–H and O–H groups in total. The lowest BCUT2D eigenvalue weighted by molar-refractivity contribution is -0.123. The van der Waals surface area contributed by atoms with E-state index >= 15 is 0 Å². The minimum absolute atomic E-state index is 0.0537. The fourth-order valence-electron chi connectivity index (χ4n) is 2.37. The molecule has 0 heterocycles. The van der Waals surface area contributed by atoms with Gasteiger partial charge in [-0.15, -0.1) is 0 Å². The number of hydrogen-bond acceptors (Lipinski definition) is 2. The van der Waals surface area contributed by atoms with E-state index in [0.717, 1.165) is 19.3 Å². The summed E-state index contributed by atoms with van der Waals surface area (Å²) in [5, 5.41) is 3.09. The molecule has 2 rings (SSSR count). The molecule has 2 unspecified atom stereocenters. The monoisotopic (exact) mass is 232 g/mol. The topological polar surface area (TPSA) is 55.1 Å². The van der Waals surface area contributed by atoms with Crippen LogP contribution in [0.3, 0.4) is 0 Å². The van der Waals surface area contributed by atoms with Crippen molar-refractivity contribution in [2.75, 3.05) is 6.54 Å². The third-order valence-electron chi connectivity index (χ3n) is 3.53. The summed E-state index contributed by atoms with van der Waals surface area (Å²) >= 11 is 0. The fourth-order valence-corrected chi connectivity index (χ4v) is 2.37. The van der Waals surface area contributed by atoms with Gasteiger partial charge in [-0.1, -0.05) is 31.2 Å². The van der Waals surface area contributed by atoms with Gasteiger partial charge in [0.2, 0.25) is 5.91 Å². The predicted molar refractivity (Wildman–Crippen MR) is 68.8 cm³/mol. The summed E-state index contributed by atoms with van der Waals surface area (Å²) in [4.78, 5) is 12.1. The number of benzene rings is 1. The van der Waals surface area contributed by atoms with E-state index in [0.29, 0.717) is 6.54 Å². The number of hydrogen-bond donors (Lipinski definition) is 2. The first-order chi connectivity index (χ1) is 8.26. The lowest BCUT2D eigenvalue weighted by atomic mass is 9.77. The predicted octanol–water partition coefficient (Wildman–Crippen LogP) is 1.57. The van der Waals surface area contributed by atoms with Gasteiger partial charge < -0.3 is 11.1 Å². The molecule has 3 nitrogen and oxygen atoms in total. The van der Waals surface area contributed by atoms with Crippen molar-refractivity contribution in [1.82, 2.24) is 5.32 Å². The second kappa shape index (κ2) is 5.32. The second-order valence-corrected chi connectivity index (χ2v) is 4.65. The Morgan fingerprint density at radius 1 is 1.53 bits per heavy atom.